The average molecular weight is 308 g/mol. The maximum absolute atomic E-state index is 12.4. The van der Waals surface area contributed by atoms with Gasteiger partial charge < -0.3 is 4.90 Å². The standard InChI is InChI=1S/C15H20N2O3S/c1-11(15(18)17(2)3)16-21(19,20)14-9-8-12-6-4-5-7-13(12)10-14/h4-7,10-11,16H,8-9H2,1-3H3/t11-/m0/s1. The number of likely N-dealkylation sites (N-methyl/N-ethyl adjacent to an activating group) is 1. The summed E-state index contributed by atoms with van der Waals surface area (Å²) in [6.45, 7) is 1.55. The lowest BCUT2D eigenvalue weighted by Gasteiger charge is -2.21. The Balaban J connectivity index is 2.22. The van der Waals surface area contributed by atoms with Crippen LogP contribution in [-0.4, -0.2) is 39.4 Å². The van der Waals surface area contributed by atoms with Crippen LogP contribution in [0.15, 0.2) is 29.2 Å². The van der Waals surface area contributed by atoms with Crippen LogP contribution in [0.3, 0.4) is 0 Å². The number of rotatable bonds is 4. The molecule has 0 aliphatic heterocycles. The topological polar surface area (TPSA) is 66.5 Å². The first-order valence-corrected chi connectivity index (χ1v) is 8.31. The molecule has 2 rings (SSSR count). The van der Waals surface area contributed by atoms with Crippen molar-refractivity contribution in [1.82, 2.24) is 9.62 Å². The van der Waals surface area contributed by atoms with Crippen LogP contribution >= 0.6 is 0 Å². The molecule has 0 saturated heterocycles. The van der Waals surface area contributed by atoms with E-state index in [1.54, 1.807) is 27.1 Å². The number of aryl methyl sites for hydroxylation is 1. The van der Waals surface area contributed by atoms with E-state index in [4.69, 9.17) is 0 Å². The second-order valence-corrected chi connectivity index (χ2v) is 7.15. The third kappa shape index (κ3) is 3.51. The van der Waals surface area contributed by atoms with Gasteiger partial charge in [-0.3, -0.25) is 4.79 Å². The molecule has 1 aromatic carbocycles. The summed E-state index contributed by atoms with van der Waals surface area (Å²) in [4.78, 5) is 13.5. The van der Waals surface area contributed by atoms with Gasteiger partial charge in [0.05, 0.1) is 10.9 Å². The minimum Gasteiger partial charge on any atom is -0.347 e. The fourth-order valence-electron chi connectivity index (χ4n) is 2.36. The molecule has 0 aromatic heterocycles. The number of benzene rings is 1. The Morgan fingerprint density at radius 3 is 2.57 bits per heavy atom. The lowest BCUT2D eigenvalue weighted by atomic mass is 9.98. The zero-order chi connectivity index (χ0) is 15.6. The van der Waals surface area contributed by atoms with Gasteiger partial charge in [0.1, 0.15) is 0 Å². The summed E-state index contributed by atoms with van der Waals surface area (Å²) in [5.74, 6) is -0.268. The van der Waals surface area contributed by atoms with E-state index in [1.165, 1.54) is 4.90 Å². The SMILES string of the molecule is C[C@H](NS(=O)(=O)C1=Cc2ccccc2CC1)C(=O)N(C)C. The predicted molar refractivity (Wildman–Crippen MR) is 83.0 cm³/mol. The van der Waals surface area contributed by atoms with Gasteiger partial charge in [-0.25, -0.2) is 8.42 Å². The van der Waals surface area contributed by atoms with Crippen molar-refractivity contribution in [2.75, 3.05) is 14.1 Å². The van der Waals surface area contributed by atoms with Gasteiger partial charge in [0.15, 0.2) is 0 Å². The molecule has 1 aliphatic rings. The van der Waals surface area contributed by atoms with E-state index in [-0.39, 0.29) is 5.91 Å². The van der Waals surface area contributed by atoms with Gasteiger partial charge in [0.25, 0.3) is 0 Å². The van der Waals surface area contributed by atoms with E-state index in [0.717, 1.165) is 11.1 Å². The van der Waals surface area contributed by atoms with Crippen LogP contribution in [0, 0.1) is 0 Å². The van der Waals surface area contributed by atoms with Gasteiger partial charge >= 0.3 is 0 Å². The summed E-state index contributed by atoms with van der Waals surface area (Å²) in [6, 6.07) is 6.96. The summed E-state index contributed by atoms with van der Waals surface area (Å²) < 4.78 is 27.2. The second kappa shape index (κ2) is 5.99. The minimum absolute atomic E-state index is 0.268. The Morgan fingerprint density at radius 2 is 1.90 bits per heavy atom. The average Bonchev–Trinajstić information content (AvgIpc) is 2.45. The van der Waals surface area contributed by atoms with Crippen molar-refractivity contribution >= 4 is 22.0 Å². The van der Waals surface area contributed by atoms with E-state index in [9.17, 15) is 13.2 Å². The van der Waals surface area contributed by atoms with E-state index in [1.807, 2.05) is 24.3 Å². The third-order valence-electron chi connectivity index (χ3n) is 3.50. The minimum atomic E-state index is -3.64. The second-order valence-electron chi connectivity index (χ2n) is 5.39. The normalized spacial score (nSPS) is 15.9. The molecule has 0 saturated carbocycles. The van der Waals surface area contributed by atoms with Crippen LogP contribution in [0.2, 0.25) is 0 Å². The van der Waals surface area contributed by atoms with E-state index < -0.39 is 16.1 Å². The number of carbonyl (C=O) groups excluding carboxylic acids is 1. The van der Waals surface area contributed by atoms with Gasteiger partial charge in [-0.15, -0.1) is 0 Å². The number of amides is 1. The van der Waals surface area contributed by atoms with Gasteiger partial charge in [0, 0.05) is 14.1 Å². The number of hydrogen-bond acceptors (Lipinski definition) is 3. The summed E-state index contributed by atoms with van der Waals surface area (Å²) in [5.41, 5.74) is 2.07. The van der Waals surface area contributed by atoms with Crippen LogP contribution in [-0.2, 0) is 21.2 Å². The molecule has 0 spiro atoms. The van der Waals surface area contributed by atoms with Crippen molar-refractivity contribution in [3.05, 3.63) is 40.3 Å². The van der Waals surface area contributed by atoms with Gasteiger partial charge in [-0.2, -0.15) is 4.72 Å². The number of hydrogen-bond donors (Lipinski definition) is 1. The Labute approximate surface area is 125 Å². The monoisotopic (exact) mass is 308 g/mol. The lowest BCUT2D eigenvalue weighted by Crippen LogP contribution is -2.44. The van der Waals surface area contributed by atoms with Gasteiger partial charge in [0.2, 0.25) is 15.9 Å². The van der Waals surface area contributed by atoms with Crippen LogP contribution in [0.4, 0.5) is 0 Å². The molecule has 21 heavy (non-hydrogen) atoms. The third-order valence-corrected chi connectivity index (χ3v) is 5.18. The van der Waals surface area contributed by atoms with Crippen LogP contribution in [0.1, 0.15) is 24.5 Å². The molecule has 5 nitrogen and oxygen atoms in total. The fourth-order valence-corrected chi connectivity index (χ4v) is 3.73. The zero-order valence-corrected chi connectivity index (χ0v) is 13.3. The molecule has 1 N–H and O–H groups in total. The summed E-state index contributed by atoms with van der Waals surface area (Å²) >= 11 is 0. The molecular formula is C15H20N2O3S. The Morgan fingerprint density at radius 1 is 1.24 bits per heavy atom. The molecule has 0 unspecified atom stereocenters. The van der Waals surface area contributed by atoms with Gasteiger partial charge in [-0.05, 0) is 37.0 Å². The molecule has 1 amide bonds. The van der Waals surface area contributed by atoms with E-state index in [0.29, 0.717) is 17.7 Å². The molecule has 0 bridgehead atoms. The molecule has 1 aromatic rings. The Kier molecular flexibility index (Phi) is 4.49. The summed E-state index contributed by atoms with van der Waals surface area (Å²) in [6.07, 6.45) is 2.84. The zero-order valence-electron chi connectivity index (χ0n) is 12.5. The summed E-state index contributed by atoms with van der Waals surface area (Å²) in [5, 5.41) is 0. The van der Waals surface area contributed by atoms with Crippen molar-refractivity contribution in [3.8, 4) is 0 Å². The van der Waals surface area contributed by atoms with E-state index in [2.05, 4.69) is 4.72 Å². The fraction of sp³-hybridized carbons (Fsp3) is 0.400. The van der Waals surface area contributed by atoms with Crippen molar-refractivity contribution < 1.29 is 13.2 Å². The number of nitrogens with one attached hydrogen (secondary N) is 1. The maximum atomic E-state index is 12.4. The lowest BCUT2D eigenvalue weighted by molar-refractivity contribution is -0.130. The first-order chi connectivity index (χ1) is 9.81. The maximum Gasteiger partial charge on any atom is 0.239 e. The highest BCUT2D eigenvalue weighted by Gasteiger charge is 2.26. The molecule has 0 heterocycles. The molecule has 0 fully saturated rings. The summed E-state index contributed by atoms with van der Waals surface area (Å²) in [7, 11) is -0.439. The van der Waals surface area contributed by atoms with Crippen LogP contribution in [0.5, 0.6) is 0 Å². The number of sulfonamides is 1. The highest BCUT2D eigenvalue weighted by atomic mass is 32.2. The first-order valence-electron chi connectivity index (χ1n) is 6.83. The van der Waals surface area contributed by atoms with Crippen molar-refractivity contribution in [1.29, 1.82) is 0 Å². The van der Waals surface area contributed by atoms with E-state index >= 15 is 0 Å². The van der Waals surface area contributed by atoms with Crippen LogP contribution < -0.4 is 4.72 Å². The smallest absolute Gasteiger partial charge is 0.239 e. The van der Waals surface area contributed by atoms with Crippen molar-refractivity contribution in [2.45, 2.75) is 25.8 Å². The highest BCUT2D eigenvalue weighted by Crippen LogP contribution is 2.26. The predicted octanol–water partition coefficient (Wildman–Crippen LogP) is 1.37. The molecule has 0 radical (unpaired) electrons. The van der Waals surface area contributed by atoms with Crippen molar-refractivity contribution in [3.63, 3.8) is 0 Å². The van der Waals surface area contributed by atoms with Gasteiger partial charge in [-0.1, -0.05) is 24.3 Å². The number of nitrogens with zero attached hydrogens (tertiary/aromatic N) is 1. The van der Waals surface area contributed by atoms with Crippen molar-refractivity contribution in [2.24, 2.45) is 0 Å². The largest absolute Gasteiger partial charge is 0.347 e. The molecular weight excluding hydrogens is 288 g/mol. The molecule has 6 heteroatoms. The molecule has 1 atom stereocenters. The molecule has 114 valence electrons. The highest BCUT2D eigenvalue weighted by molar-refractivity contribution is 7.93. The quantitative estimate of drug-likeness (QED) is 0.913. The number of allylic oxidation sites excluding steroid dienone is 1. The Bertz CT molecular complexity index is 678. The first kappa shape index (κ1) is 15.7. The molecule has 1 aliphatic carbocycles. The number of fused-ring (bicyclic) bond motifs is 1. The van der Waals surface area contributed by atoms with Crippen LogP contribution in [0.25, 0.3) is 6.08 Å². The Hall–Kier alpha value is -1.66. The number of carbonyl (C=O) groups is 1.